The van der Waals surface area contributed by atoms with Crippen LogP contribution in [0.25, 0.3) is 0 Å². The number of ether oxygens (including phenoxy) is 4. The summed E-state index contributed by atoms with van der Waals surface area (Å²) in [5.41, 5.74) is 0. The molecule has 0 aromatic rings. The molecular formula is C79H155NO8. The maximum Gasteiger partial charge on any atom is 0.306 e. The van der Waals surface area contributed by atoms with Crippen molar-refractivity contribution in [2.75, 3.05) is 47.5 Å². The van der Waals surface area contributed by atoms with Gasteiger partial charge in [0.15, 0.2) is 12.4 Å². The summed E-state index contributed by atoms with van der Waals surface area (Å²) >= 11 is 0. The molecule has 0 radical (unpaired) electrons. The number of aliphatic carboxylic acids is 1. The molecule has 0 aliphatic rings. The molecule has 0 aromatic heterocycles. The highest BCUT2D eigenvalue weighted by atomic mass is 16.7. The summed E-state index contributed by atoms with van der Waals surface area (Å²) in [4.78, 5) is 37.5. The molecule has 0 saturated heterocycles. The minimum Gasteiger partial charge on any atom is -0.545 e. The van der Waals surface area contributed by atoms with E-state index in [1.807, 2.05) is 21.1 Å². The minimum absolute atomic E-state index is 0.154. The van der Waals surface area contributed by atoms with E-state index in [4.69, 9.17) is 18.9 Å². The molecule has 0 bridgehead atoms. The van der Waals surface area contributed by atoms with E-state index in [-0.39, 0.29) is 32.2 Å². The van der Waals surface area contributed by atoms with E-state index in [2.05, 4.69) is 13.8 Å². The standard InChI is InChI=1S/C79H155NO8/c1-6-8-10-12-14-16-18-20-22-24-26-28-30-32-33-34-35-36-37-38-39-40-41-42-43-44-45-46-48-50-52-54-56-58-60-62-64-66-68-70-77(82)88-75(74-87-79(78(83)84)85-72-71-80(3,4)5)73-86-76(81)69-67-65-63-61-59-57-55-53-51-49-47-31-29-27-25-23-21-19-17-15-13-11-9-7-2/h75,79H,6-74H2,1-5H3. The Morgan fingerprint density at radius 3 is 0.727 bits per heavy atom. The van der Waals surface area contributed by atoms with Gasteiger partial charge in [-0.3, -0.25) is 9.59 Å². The van der Waals surface area contributed by atoms with E-state index in [0.29, 0.717) is 17.4 Å². The fourth-order valence-electron chi connectivity index (χ4n) is 12.5. The van der Waals surface area contributed by atoms with E-state index >= 15 is 0 Å². The average Bonchev–Trinajstić information content (AvgIpc) is 3.52. The van der Waals surface area contributed by atoms with Gasteiger partial charge < -0.3 is 33.3 Å². The molecule has 0 saturated carbocycles. The van der Waals surface area contributed by atoms with Crippen LogP contribution >= 0.6 is 0 Å². The Bertz CT molecular complexity index is 1400. The maximum absolute atomic E-state index is 13.0. The number of rotatable bonds is 76. The number of esters is 2. The van der Waals surface area contributed by atoms with Crippen LogP contribution in [0, 0.1) is 0 Å². The molecule has 0 amide bonds. The van der Waals surface area contributed by atoms with E-state index in [1.165, 1.54) is 366 Å². The van der Waals surface area contributed by atoms with Crippen molar-refractivity contribution in [3.63, 3.8) is 0 Å². The second-order valence-corrected chi connectivity index (χ2v) is 28.7. The molecule has 0 aromatic carbocycles. The molecule has 9 nitrogen and oxygen atoms in total. The normalized spacial score (nSPS) is 12.5. The zero-order chi connectivity index (χ0) is 64.0. The summed E-state index contributed by atoms with van der Waals surface area (Å²) in [5.74, 6) is -2.24. The topological polar surface area (TPSA) is 111 Å². The van der Waals surface area contributed by atoms with E-state index in [0.717, 1.165) is 38.5 Å². The number of quaternary nitrogens is 1. The van der Waals surface area contributed by atoms with Crippen molar-refractivity contribution in [3.8, 4) is 0 Å². The van der Waals surface area contributed by atoms with Crippen LogP contribution in [0.4, 0.5) is 0 Å². The van der Waals surface area contributed by atoms with E-state index in [9.17, 15) is 19.5 Å². The van der Waals surface area contributed by atoms with Crippen LogP contribution in [0.2, 0.25) is 0 Å². The molecule has 2 atom stereocenters. The molecule has 0 aliphatic heterocycles. The van der Waals surface area contributed by atoms with Crippen LogP contribution in [-0.4, -0.2) is 82.3 Å². The van der Waals surface area contributed by atoms with Crippen LogP contribution in [0.3, 0.4) is 0 Å². The summed E-state index contributed by atoms with van der Waals surface area (Å²) in [6.45, 7) is 4.85. The summed E-state index contributed by atoms with van der Waals surface area (Å²) in [6.07, 6.45) is 83.8. The molecule has 0 fully saturated rings. The number of carbonyl (C=O) groups is 3. The lowest BCUT2D eigenvalue weighted by atomic mass is 10.0. The minimum atomic E-state index is -1.62. The fraction of sp³-hybridized carbons (Fsp3) is 0.962. The number of carboxylic acid groups (broad SMARTS) is 1. The molecular weight excluding hydrogens is 1090 g/mol. The Labute approximate surface area is 549 Å². The molecule has 524 valence electrons. The first-order valence-electron chi connectivity index (χ1n) is 39.7. The van der Waals surface area contributed by atoms with Gasteiger partial charge >= 0.3 is 11.9 Å². The number of hydrogen-bond acceptors (Lipinski definition) is 8. The molecule has 0 aliphatic carbocycles. The van der Waals surface area contributed by atoms with Crippen LogP contribution in [-0.2, 0) is 33.3 Å². The van der Waals surface area contributed by atoms with Crippen molar-refractivity contribution in [3.05, 3.63) is 0 Å². The lowest BCUT2D eigenvalue weighted by Gasteiger charge is -2.26. The highest BCUT2D eigenvalue weighted by molar-refractivity contribution is 5.70. The lowest BCUT2D eigenvalue weighted by Crippen LogP contribution is -2.44. The second kappa shape index (κ2) is 71.1. The van der Waals surface area contributed by atoms with Gasteiger partial charge in [0, 0.05) is 12.8 Å². The highest BCUT2D eigenvalue weighted by Gasteiger charge is 2.22. The van der Waals surface area contributed by atoms with Crippen molar-refractivity contribution in [2.45, 2.75) is 444 Å². The van der Waals surface area contributed by atoms with Gasteiger partial charge in [-0.1, -0.05) is 406 Å². The Morgan fingerprint density at radius 1 is 0.295 bits per heavy atom. The second-order valence-electron chi connectivity index (χ2n) is 28.7. The van der Waals surface area contributed by atoms with Gasteiger partial charge in [0.1, 0.15) is 13.2 Å². The molecule has 0 heterocycles. The number of unbranched alkanes of at least 4 members (excludes halogenated alkanes) is 61. The van der Waals surface area contributed by atoms with Crippen molar-refractivity contribution in [1.29, 1.82) is 0 Å². The Morgan fingerprint density at radius 2 is 0.511 bits per heavy atom. The predicted molar refractivity (Wildman–Crippen MR) is 376 cm³/mol. The summed E-state index contributed by atoms with van der Waals surface area (Å²) in [5, 5.41) is 11.8. The third-order valence-electron chi connectivity index (χ3n) is 18.6. The molecule has 0 spiro atoms. The third-order valence-corrected chi connectivity index (χ3v) is 18.6. The zero-order valence-corrected chi connectivity index (χ0v) is 60.2. The number of likely N-dealkylation sites (N-methyl/N-ethyl adjacent to an activating group) is 1. The largest absolute Gasteiger partial charge is 0.545 e. The lowest BCUT2D eigenvalue weighted by molar-refractivity contribution is -0.870. The zero-order valence-electron chi connectivity index (χ0n) is 60.2. The summed E-state index contributed by atoms with van der Waals surface area (Å²) < 4.78 is 22.9. The van der Waals surface area contributed by atoms with Gasteiger partial charge in [-0.25, -0.2) is 0 Å². The van der Waals surface area contributed by atoms with Crippen LogP contribution in [0.1, 0.15) is 431 Å². The van der Waals surface area contributed by atoms with Gasteiger partial charge in [0.2, 0.25) is 0 Å². The summed E-state index contributed by atoms with van der Waals surface area (Å²) in [7, 11) is 5.96. The van der Waals surface area contributed by atoms with Crippen LogP contribution in [0.5, 0.6) is 0 Å². The first-order chi connectivity index (χ1) is 43.1. The number of hydrogen-bond donors (Lipinski definition) is 0. The van der Waals surface area contributed by atoms with Crippen molar-refractivity contribution in [2.24, 2.45) is 0 Å². The SMILES string of the molecule is CCCCCCCCCCCCCCCCCCCCCCCCCCCCCCCCCCCCCCCCCC(=O)OC(COC(=O)CCCCCCCCCCCCCCCCCCCCCCCCCC)COC(OCC[N+](C)(C)C)C(=O)[O-]. The number of carbonyl (C=O) groups excluding carboxylic acids is 3. The molecule has 88 heavy (non-hydrogen) atoms. The Hall–Kier alpha value is -1.71. The smallest absolute Gasteiger partial charge is 0.306 e. The van der Waals surface area contributed by atoms with Gasteiger partial charge in [0.05, 0.1) is 40.3 Å². The van der Waals surface area contributed by atoms with Crippen molar-refractivity contribution < 1.29 is 42.9 Å². The fourth-order valence-corrected chi connectivity index (χ4v) is 12.5. The number of carboxylic acids is 1. The summed E-state index contributed by atoms with van der Waals surface area (Å²) in [6, 6.07) is 0. The van der Waals surface area contributed by atoms with Gasteiger partial charge in [-0.15, -0.1) is 0 Å². The molecule has 0 rings (SSSR count). The molecule has 2 unspecified atom stereocenters. The van der Waals surface area contributed by atoms with E-state index in [1.54, 1.807) is 0 Å². The van der Waals surface area contributed by atoms with Gasteiger partial charge in [0.25, 0.3) is 0 Å². The van der Waals surface area contributed by atoms with Crippen LogP contribution < -0.4 is 5.11 Å². The maximum atomic E-state index is 13.0. The third kappa shape index (κ3) is 71.7. The molecule has 9 heteroatoms. The first kappa shape index (κ1) is 86.3. The van der Waals surface area contributed by atoms with Gasteiger partial charge in [-0.05, 0) is 12.8 Å². The first-order valence-corrected chi connectivity index (χ1v) is 39.7. The Kier molecular flexibility index (Phi) is 69.8. The van der Waals surface area contributed by atoms with Gasteiger partial charge in [-0.2, -0.15) is 0 Å². The van der Waals surface area contributed by atoms with Crippen molar-refractivity contribution >= 4 is 17.9 Å². The van der Waals surface area contributed by atoms with Crippen LogP contribution in [0.15, 0.2) is 0 Å². The predicted octanol–water partition coefficient (Wildman–Crippen LogP) is 23.7. The van der Waals surface area contributed by atoms with Crippen molar-refractivity contribution in [1.82, 2.24) is 0 Å². The Balaban J connectivity index is 3.91. The molecule has 0 N–H and O–H groups in total. The number of nitrogens with zero attached hydrogens (tertiary/aromatic N) is 1. The van der Waals surface area contributed by atoms with E-state index < -0.39 is 24.3 Å². The average molecular weight is 1250 g/mol. The quantitative estimate of drug-likeness (QED) is 0.0256. The monoisotopic (exact) mass is 1250 g/mol. The highest BCUT2D eigenvalue weighted by Crippen LogP contribution is 2.21.